The highest BCUT2D eigenvalue weighted by Gasteiger charge is 2.03. The second kappa shape index (κ2) is 5.67. The predicted molar refractivity (Wildman–Crippen MR) is 75.9 cm³/mol. The molecule has 2 heterocycles. The van der Waals surface area contributed by atoms with E-state index in [4.69, 9.17) is 4.42 Å². The Hall–Kier alpha value is -2.13. The zero-order chi connectivity index (χ0) is 12.9. The molecule has 0 unspecified atom stereocenters. The smallest absolute Gasteiger partial charge is 0.134 e. The van der Waals surface area contributed by atoms with Crippen LogP contribution in [-0.4, -0.2) is 11.5 Å². The van der Waals surface area contributed by atoms with Gasteiger partial charge in [-0.3, -0.25) is 4.98 Å². The van der Waals surface area contributed by atoms with Gasteiger partial charge in [0.2, 0.25) is 0 Å². The summed E-state index contributed by atoms with van der Waals surface area (Å²) in [6.45, 7) is 1.77. The van der Waals surface area contributed by atoms with Crippen LogP contribution < -0.4 is 5.32 Å². The largest absolute Gasteiger partial charge is 0.464 e. The SMILES string of the molecule is c1cncc(CCNCc2coc3ccccc23)c1. The summed E-state index contributed by atoms with van der Waals surface area (Å²) in [7, 11) is 0. The number of pyridine rings is 1. The third kappa shape index (κ3) is 2.83. The fourth-order valence-electron chi connectivity index (χ4n) is 2.17. The highest BCUT2D eigenvalue weighted by atomic mass is 16.3. The van der Waals surface area contributed by atoms with E-state index in [0.717, 1.165) is 25.1 Å². The fourth-order valence-corrected chi connectivity index (χ4v) is 2.17. The zero-order valence-electron chi connectivity index (χ0n) is 10.7. The summed E-state index contributed by atoms with van der Waals surface area (Å²) in [5.41, 5.74) is 3.42. The van der Waals surface area contributed by atoms with E-state index in [1.807, 2.05) is 36.7 Å². The maximum atomic E-state index is 5.51. The van der Waals surface area contributed by atoms with Gasteiger partial charge in [-0.15, -0.1) is 0 Å². The molecule has 2 aromatic heterocycles. The average molecular weight is 252 g/mol. The standard InChI is InChI=1S/C16H16N2O/c1-2-6-16-15(5-1)14(12-19-16)11-18-9-7-13-4-3-8-17-10-13/h1-6,8,10,12,18H,7,9,11H2. The number of benzene rings is 1. The number of hydrogen-bond donors (Lipinski definition) is 1. The topological polar surface area (TPSA) is 38.1 Å². The lowest BCUT2D eigenvalue weighted by atomic mass is 10.1. The molecule has 19 heavy (non-hydrogen) atoms. The number of fused-ring (bicyclic) bond motifs is 1. The molecule has 0 aliphatic rings. The molecule has 0 radical (unpaired) electrons. The van der Waals surface area contributed by atoms with Crippen LogP contribution >= 0.6 is 0 Å². The van der Waals surface area contributed by atoms with Crippen LogP contribution in [0.15, 0.2) is 59.5 Å². The molecular weight excluding hydrogens is 236 g/mol. The van der Waals surface area contributed by atoms with Crippen molar-refractivity contribution < 1.29 is 4.42 Å². The molecule has 0 aliphatic carbocycles. The Morgan fingerprint density at radius 1 is 1.11 bits per heavy atom. The average Bonchev–Trinajstić information content (AvgIpc) is 2.88. The van der Waals surface area contributed by atoms with E-state index in [-0.39, 0.29) is 0 Å². The third-order valence-electron chi connectivity index (χ3n) is 3.19. The van der Waals surface area contributed by atoms with Crippen LogP contribution in [-0.2, 0) is 13.0 Å². The van der Waals surface area contributed by atoms with Crippen molar-refractivity contribution in [1.82, 2.24) is 10.3 Å². The molecule has 0 aliphatic heterocycles. The van der Waals surface area contributed by atoms with Crippen LogP contribution in [0.1, 0.15) is 11.1 Å². The van der Waals surface area contributed by atoms with Crippen molar-refractivity contribution in [3.63, 3.8) is 0 Å². The van der Waals surface area contributed by atoms with Crippen LogP contribution in [0.5, 0.6) is 0 Å². The van der Waals surface area contributed by atoms with E-state index in [9.17, 15) is 0 Å². The molecule has 96 valence electrons. The van der Waals surface area contributed by atoms with Gasteiger partial charge in [0.15, 0.2) is 0 Å². The molecule has 0 fully saturated rings. The molecule has 3 nitrogen and oxygen atoms in total. The van der Waals surface area contributed by atoms with Crippen LogP contribution in [0.4, 0.5) is 0 Å². The summed E-state index contributed by atoms with van der Waals surface area (Å²) in [6, 6.07) is 12.2. The van der Waals surface area contributed by atoms with E-state index < -0.39 is 0 Å². The van der Waals surface area contributed by atoms with Crippen molar-refractivity contribution >= 4 is 11.0 Å². The minimum Gasteiger partial charge on any atom is -0.464 e. The van der Waals surface area contributed by atoms with Gasteiger partial charge in [0.05, 0.1) is 6.26 Å². The Kier molecular flexibility index (Phi) is 3.56. The summed E-state index contributed by atoms with van der Waals surface area (Å²) in [5.74, 6) is 0. The molecular formula is C16H16N2O. The lowest BCUT2D eigenvalue weighted by Gasteiger charge is -2.03. The van der Waals surface area contributed by atoms with Gasteiger partial charge in [0, 0.05) is 29.9 Å². The molecule has 3 rings (SSSR count). The molecule has 0 saturated heterocycles. The molecule has 0 atom stereocenters. The molecule has 3 aromatic rings. The summed E-state index contributed by atoms with van der Waals surface area (Å²) >= 11 is 0. The highest BCUT2D eigenvalue weighted by Crippen LogP contribution is 2.20. The first-order valence-corrected chi connectivity index (χ1v) is 6.48. The second-order valence-corrected chi connectivity index (χ2v) is 4.55. The Morgan fingerprint density at radius 3 is 2.95 bits per heavy atom. The minimum absolute atomic E-state index is 0.831. The molecule has 0 amide bonds. The monoisotopic (exact) mass is 252 g/mol. The normalized spacial score (nSPS) is 10.9. The van der Waals surface area contributed by atoms with Crippen molar-refractivity contribution in [2.24, 2.45) is 0 Å². The zero-order valence-corrected chi connectivity index (χ0v) is 10.7. The molecule has 3 heteroatoms. The van der Waals surface area contributed by atoms with Crippen LogP contribution in [0, 0.1) is 0 Å². The second-order valence-electron chi connectivity index (χ2n) is 4.55. The number of rotatable bonds is 5. The summed E-state index contributed by atoms with van der Waals surface area (Å²) in [6.07, 6.45) is 6.54. The predicted octanol–water partition coefficient (Wildman–Crippen LogP) is 3.16. The van der Waals surface area contributed by atoms with Gasteiger partial charge < -0.3 is 9.73 Å². The maximum Gasteiger partial charge on any atom is 0.134 e. The number of aromatic nitrogens is 1. The summed E-state index contributed by atoms with van der Waals surface area (Å²) in [5, 5.41) is 4.63. The van der Waals surface area contributed by atoms with E-state index in [1.54, 1.807) is 6.20 Å². The van der Waals surface area contributed by atoms with Gasteiger partial charge in [0.1, 0.15) is 5.58 Å². The van der Waals surface area contributed by atoms with Gasteiger partial charge in [-0.1, -0.05) is 24.3 Å². The lowest BCUT2D eigenvalue weighted by molar-refractivity contribution is 0.602. The Bertz CT molecular complexity index is 646. The van der Waals surface area contributed by atoms with Gasteiger partial charge >= 0.3 is 0 Å². The van der Waals surface area contributed by atoms with Crippen LogP contribution in [0.25, 0.3) is 11.0 Å². The Balaban J connectivity index is 1.55. The van der Waals surface area contributed by atoms with Crippen LogP contribution in [0.2, 0.25) is 0 Å². The van der Waals surface area contributed by atoms with Gasteiger partial charge in [-0.2, -0.15) is 0 Å². The number of para-hydroxylation sites is 1. The van der Waals surface area contributed by atoms with E-state index in [0.29, 0.717) is 0 Å². The maximum absolute atomic E-state index is 5.51. The third-order valence-corrected chi connectivity index (χ3v) is 3.19. The van der Waals surface area contributed by atoms with Gasteiger partial charge in [-0.05, 0) is 30.7 Å². The van der Waals surface area contributed by atoms with Crippen molar-refractivity contribution in [2.45, 2.75) is 13.0 Å². The van der Waals surface area contributed by atoms with Crippen LogP contribution in [0.3, 0.4) is 0 Å². The molecule has 0 saturated carbocycles. The van der Waals surface area contributed by atoms with E-state index in [1.165, 1.54) is 16.5 Å². The minimum atomic E-state index is 0.831. The number of hydrogen-bond acceptors (Lipinski definition) is 3. The fraction of sp³-hybridized carbons (Fsp3) is 0.188. The molecule has 1 N–H and O–H groups in total. The van der Waals surface area contributed by atoms with Gasteiger partial charge in [0.25, 0.3) is 0 Å². The first-order valence-electron chi connectivity index (χ1n) is 6.48. The Labute approximate surface area is 112 Å². The number of nitrogens with zero attached hydrogens (tertiary/aromatic N) is 1. The number of furan rings is 1. The molecule has 0 spiro atoms. The van der Waals surface area contributed by atoms with E-state index in [2.05, 4.69) is 22.4 Å². The number of nitrogens with one attached hydrogen (secondary N) is 1. The molecule has 0 bridgehead atoms. The van der Waals surface area contributed by atoms with Crippen molar-refractivity contribution in [3.05, 3.63) is 66.2 Å². The van der Waals surface area contributed by atoms with Crippen molar-refractivity contribution in [2.75, 3.05) is 6.54 Å². The summed E-state index contributed by atoms with van der Waals surface area (Å²) < 4.78 is 5.51. The summed E-state index contributed by atoms with van der Waals surface area (Å²) in [4.78, 5) is 4.11. The molecule has 1 aromatic carbocycles. The lowest BCUT2D eigenvalue weighted by Crippen LogP contribution is -2.16. The first-order chi connectivity index (χ1) is 9.43. The highest BCUT2D eigenvalue weighted by molar-refractivity contribution is 5.80. The van der Waals surface area contributed by atoms with Crippen molar-refractivity contribution in [1.29, 1.82) is 0 Å². The van der Waals surface area contributed by atoms with Gasteiger partial charge in [-0.25, -0.2) is 0 Å². The van der Waals surface area contributed by atoms with Crippen molar-refractivity contribution in [3.8, 4) is 0 Å². The quantitative estimate of drug-likeness (QED) is 0.709. The Morgan fingerprint density at radius 2 is 2.05 bits per heavy atom. The van der Waals surface area contributed by atoms with E-state index >= 15 is 0 Å². The first kappa shape index (κ1) is 11.9.